The number of aryl methyl sites for hydroxylation is 1. The van der Waals surface area contributed by atoms with Crippen LogP contribution in [0.25, 0.3) is 22.8 Å². The maximum Gasteiger partial charge on any atom is 0.226 e. The van der Waals surface area contributed by atoms with E-state index < -0.39 is 0 Å². The molecule has 0 aliphatic heterocycles. The van der Waals surface area contributed by atoms with Crippen molar-refractivity contribution in [1.29, 1.82) is 0 Å². The van der Waals surface area contributed by atoms with Crippen LogP contribution in [0.15, 0.2) is 94.8 Å². The summed E-state index contributed by atoms with van der Waals surface area (Å²) in [5.41, 5.74) is 4.06. The van der Waals surface area contributed by atoms with Gasteiger partial charge in [-0.1, -0.05) is 60.3 Å². The molecule has 0 amide bonds. The van der Waals surface area contributed by atoms with E-state index in [9.17, 15) is 0 Å². The Morgan fingerprint density at radius 1 is 0.844 bits per heavy atom. The molecule has 0 aliphatic rings. The minimum atomic E-state index is 0.641. The molecule has 0 bridgehead atoms. The lowest BCUT2D eigenvalue weighted by molar-refractivity contribution is 0.540. The molecule has 0 saturated carbocycles. The SMILES string of the molecule is Cc1oc(-c2ccccc2)nc1CSc1nnc(-c2ccncc2)n1Cc1ccccc1. The van der Waals surface area contributed by atoms with Crippen LogP contribution < -0.4 is 0 Å². The number of thioether (sulfide) groups is 1. The van der Waals surface area contributed by atoms with Crippen molar-refractivity contribution in [3.8, 4) is 22.8 Å². The highest BCUT2D eigenvalue weighted by molar-refractivity contribution is 7.98. The van der Waals surface area contributed by atoms with Crippen LogP contribution in [0.1, 0.15) is 17.0 Å². The lowest BCUT2D eigenvalue weighted by Crippen LogP contribution is -2.04. The van der Waals surface area contributed by atoms with Gasteiger partial charge in [-0.05, 0) is 36.8 Å². The van der Waals surface area contributed by atoms with Gasteiger partial charge in [-0.3, -0.25) is 9.55 Å². The molecule has 7 heteroatoms. The zero-order valence-corrected chi connectivity index (χ0v) is 18.4. The summed E-state index contributed by atoms with van der Waals surface area (Å²) in [6.07, 6.45) is 3.54. The van der Waals surface area contributed by atoms with Crippen LogP contribution in [0.5, 0.6) is 0 Å². The largest absolute Gasteiger partial charge is 0.441 e. The molecule has 2 aromatic carbocycles. The standard InChI is InChI=1S/C25H21N5OS/c1-18-22(27-24(31-18)21-10-6-3-7-11-21)17-32-25-29-28-23(20-12-14-26-15-13-20)30(25)16-19-8-4-2-5-9-19/h2-15H,16-17H2,1H3. The Balaban J connectivity index is 1.43. The van der Waals surface area contributed by atoms with Gasteiger partial charge in [0.15, 0.2) is 11.0 Å². The topological polar surface area (TPSA) is 69.6 Å². The second-order valence-corrected chi connectivity index (χ2v) is 8.23. The zero-order chi connectivity index (χ0) is 21.8. The van der Waals surface area contributed by atoms with Crippen LogP contribution in [-0.2, 0) is 12.3 Å². The molecular weight excluding hydrogens is 418 g/mol. The summed E-state index contributed by atoms with van der Waals surface area (Å²) in [6.45, 7) is 2.63. The molecule has 3 heterocycles. The molecule has 5 aromatic rings. The number of oxazole rings is 1. The first-order valence-corrected chi connectivity index (χ1v) is 11.3. The summed E-state index contributed by atoms with van der Waals surface area (Å²) in [6, 6.07) is 24.2. The summed E-state index contributed by atoms with van der Waals surface area (Å²) >= 11 is 1.61. The second kappa shape index (κ2) is 9.20. The molecule has 6 nitrogen and oxygen atoms in total. The normalized spacial score (nSPS) is 11.0. The van der Waals surface area contributed by atoms with E-state index in [1.54, 1.807) is 24.2 Å². The Morgan fingerprint density at radius 2 is 1.56 bits per heavy atom. The fourth-order valence-corrected chi connectivity index (χ4v) is 4.36. The van der Waals surface area contributed by atoms with Gasteiger partial charge >= 0.3 is 0 Å². The molecule has 0 N–H and O–H groups in total. The molecule has 0 fully saturated rings. The molecule has 32 heavy (non-hydrogen) atoms. The summed E-state index contributed by atoms with van der Waals surface area (Å²) < 4.78 is 8.06. The Morgan fingerprint density at radius 3 is 2.31 bits per heavy atom. The quantitative estimate of drug-likeness (QED) is 0.306. The molecule has 0 aliphatic carbocycles. The summed E-state index contributed by atoms with van der Waals surface area (Å²) in [5, 5.41) is 9.82. The molecule has 158 valence electrons. The van der Waals surface area contributed by atoms with Gasteiger partial charge in [0.2, 0.25) is 5.89 Å². The molecule has 3 aromatic heterocycles. The second-order valence-electron chi connectivity index (χ2n) is 7.29. The monoisotopic (exact) mass is 439 g/mol. The number of aromatic nitrogens is 5. The minimum absolute atomic E-state index is 0.641. The lowest BCUT2D eigenvalue weighted by Gasteiger charge is -2.10. The average Bonchev–Trinajstić information content (AvgIpc) is 3.42. The number of rotatable bonds is 7. The van der Waals surface area contributed by atoms with Gasteiger partial charge in [0.1, 0.15) is 5.76 Å². The average molecular weight is 440 g/mol. The van der Waals surface area contributed by atoms with Gasteiger partial charge in [-0.25, -0.2) is 4.98 Å². The van der Waals surface area contributed by atoms with Crippen LogP contribution >= 0.6 is 11.8 Å². The van der Waals surface area contributed by atoms with Crippen molar-refractivity contribution in [2.24, 2.45) is 0 Å². The molecule has 5 rings (SSSR count). The molecule has 0 spiro atoms. The fourth-order valence-electron chi connectivity index (χ4n) is 3.42. The van der Waals surface area contributed by atoms with E-state index in [1.807, 2.05) is 67.6 Å². The van der Waals surface area contributed by atoms with E-state index in [0.717, 1.165) is 33.6 Å². The Hall–Kier alpha value is -3.71. The number of hydrogen-bond acceptors (Lipinski definition) is 6. The Bertz CT molecular complexity index is 1300. The first-order valence-electron chi connectivity index (χ1n) is 10.3. The molecule has 0 radical (unpaired) electrons. The predicted molar refractivity (Wildman–Crippen MR) is 125 cm³/mol. The van der Waals surface area contributed by atoms with Crippen LogP contribution in [0, 0.1) is 6.92 Å². The smallest absolute Gasteiger partial charge is 0.226 e. The van der Waals surface area contributed by atoms with Crippen molar-refractivity contribution in [2.45, 2.75) is 24.4 Å². The fraction of sp³-hybridized carbons (Fsp3) is 0.120. The van der Waals surface area contributed by atoms with Crippen LogP contribution in [0.4, 0.5) is 0 Å². The maximum atomic E-state index is 5.92. The van der Waals surface area contributed by atoms with Crippen molar-refractivity contribution >= 4 is 11.8 Å². The van der Waals surface area contributed by atoms with Crippen LogP contribution in [0.3, 0.4) is 0 Å². The van der Waals surface area contributed by atoms with Crippen molar-refractivity contribution < 1.29 is 4.42 Å². The lowest BCUT2D eigenvalue weighted by atomic mass is 10.2. The zero-order valence-electron chi connectivity index (χ0n) is 17.5. The van der Waals surface area contributed by atoms with Crippen LogP contribution in [-0.4, -0.2) is 24.7 Å². The third-order valence-electron chi connectivity index (χ3n) is 5.09. The Labute approximate surface area is 190 Å². The van der Waals surface area contributed by atoms with E-state index in [4.69, 9.17) is 9.40 Å². The van der Waals surface area contributed by atoms with Gasteiger partial charge in [-0.2, -0.15) is 0 Å². The minimum Gasteiger partial charge on any atom is -0.441 e. The first-order chi connectivity index (χ1) is 15.8. The van der Waals surface area contributed by atoms with Gasteiger partial charge in [0, 0.05) is 29.3 Å². The van der Waals surface area contributed by atoms with E-state index in [0.29, 0.717) is 18.2 Å². The number of nitrogens with zero attached hydrogens (tertiary/aromatic N) is 5. The molecule has 0 unspecified atom stereocenters. The Kier molecular flexibility index (Phi) is 5.81. The van der Waals surface area contributed by atoms with Crippen LogP contribution in [0.2, 0.25) is 0 Å². The highest BCUT2D eigenvalue weighted by Gasteiger charge is 2.17. The molecule has 0 atom stereocenters. The summed E-state index contributed by atoms with van der Waals surface area (Å²) in [7, 11) is 0. The van der Waals surface area contributed by atoms with Crippen molar-refractivity contribution in [1.82, 2.24) is 24.7 Å². The number of pyridine rings is 1. The number of benzene rings is 2. The molecular formula is C25H21N5OS. The van der Waals surface area contributed by atoms with E-state index in [2.05, 4.69) is 31.9 Å². The van der Waals surface area contributed by atoms with E-state index in [1.165, 1.54) is 5.56 Å². The van der Waals surface area contributed by atoms with Gasteiger partial charge in [0.05, 0.1) is 12.2 Å². The highest BCUT2D eigenvalue weighted by Crippen LogP contribution is 2.29. The van der Waals surface area contributed by atoms with Crippen molar-refractivity contribution in [3.63, 3.8) is 0 Å². The molecule has 0 saturated heterocycles. The third kappa shape index (κ3) is 4.33. The van der Waals surface area contributed by atoms with E-state index in [-0.39, 0.29) is 0 Å². The van der Waals surface area contributed by atoms with Crippen molar-refractivity contribution in [3.05, 3.63) is 102 Å². The number of hydrogen-bond donors (Lipinski definition) is 0. The maximum absolute atomic E-state index is 5.92. The summed E-state index contributed by atoms with van der Waals surface area (Å²) in [5.74, 6) is 2.92. The first kappa shape index (κ1) is 20.2. The van der Waals surface area contributed by atoms with Crippen molar-refractivity contribution in [2.75, 3.05) is 0 Å². The highest BCUT2D eigenvalue weighted by atomic mass is 32.2. The van der Waals surface area contributed by atoms with Gasteiger partial charge in [0.25, 0.3) is 0 Å². The summed E-state index contributed by atoms with van der Waals surface area (Å²) in [4.78, 5) is 8.84. The van der Waals surface area contributed by atoms with Gasteiger partial charge in [-0.15, -0.1) is 10.2 Å². The van der Waals surface area contributed by atoms with Gasteiger partial charge < -0.3 is 4.42 Å². The third-order valence-corrected chi connectivity index (χ3v) is 6.07. The van der Waals surface area contributed by atoms with E-state index >= 15 is 0 Å². The predicted octanol–water partition coefficient (Wildman–Crippen LogP) is 5.64.